The van der Waals surface area contributed by atoms with Gasteiger partial charge in [0.2, 0.25) is 5.56 Å². The molecule has 3 heteroatoms. The Labute approximate surface area is 166 Å². The van der Waals surface area contributed by atoms with Gasteiger partial charge in [-0.2, -0.15) is 0 Å². The maximum atomic E-state index is 11.9. The number of fused-ring (bicyclic) bond motifs is 4. The van der Waals surface area contributed by atoms with Crippen molar-refractivity contribution in [2.45, 2.75) is 39.2 Å². The van der Waals surface area contributed by atoms with Crippen molar-refractivity contribution in [1.82, 2.24) is 4.98 Å². The minimum absolute atomic E-state index is 0.0418. The fraction of sp³-hybridized carbons (Fsp3) is 0.280. The van der Waals surface area contributed by atoms with E-state index in [1.165, 1.54) is 16.7 Å². The van der Waals surface area contributed by atoms with Crippen LogP contribution in [0.1, 0.15) is 42.7 Å². The van der Waals surface area contributed by atoms with Crippen LogP contribution >= 0.6 is 0 Å². The van der Waals surface area contributed by atoms with Gasteiger partial charge in [0.1, 0.15) is 5.54 Å². The van der Waals surface area contributed by atoms with Crippen molar-refractivity contribution in [1.29, 1.82) is 0 Å². The standard InChI is InChI=1S/C25H26N2O/c1-4-21-20-14-18(3)16-25(21,22-11-12-24(28)27-23(22)15-20)26-13-5-6-19-9-7-17(2)8-10-19/h4-14,20H,15-16H2,1-3H3,(H,27,28)/b6-5+,21-4+,26-13+/t20-,25+/m0/s1. The molecule has 0 radical (unpaired) electrons. The molecule has 0 fully saturated rings. The van der Waals surface area contributed by atoms with Gasteiger partial charge in [-0.3, -0.25) is 9.79 Å². The van der Waals surface area contributed by atoms with Crippen LogP contribution < -0.4 is 5.56 Å². The lowest BCUT2D eigenvalue weighted by Crippen LogP contribution is -2.40. The molecule has 142 valence electrons. The normalized spacial score (nSPS) is 25.3. The molecule has 0 saturated carbocycles. The third kappa shape index (κ3) is 3.22. The summed E-state index contributed by atoms with van der Waals surface area (Å²) in [6.07, 6.45) is 12.2. The Hall–Kier alpha value is -2.94. The van der Waals surface area contributed by atoms with Gasteiger partial charge in [-0.25, -0.2) is 0 Å². The molecule has 1 aromatic carbocycles. The number of aromatic nitrogens is 1. The number of aromatic amines is 1. The van der Waals surface area contributed by atoms with E-state index in [2.05, 4.69) is 68.2 Å². The molecule has 0 aliphatic heterocycles. The summed E-state index contributed by atoms with van der Waals surface area (Å²) in [6.45, 7) is 6.37. The molecule has 0 amide bonds. The first-order valence-corrected chi connectivity index (χ1v) is 9.87. The molecule has 1 heterocycles. The molecule has 28 heavy (non-hydrogen) atoms. The third-order valence-electron chi connectivity index (χ3n) is 5.83. The summed E-state index contributed by atoms with van der Waals surface area (Å²) in [5.41, 5.74) is 6.78. The van der Waals surface area contributed by atoms with E-state index in [-0.39, 0.29) is 5.56 Å². The van der Waals surface area contributed by atoms with Crippen molar-refractivity contribution in [2.24, 2.45) is 10.9 Å². The molecule has 4 rings (SSSR count). The minimum atomic E-state index is -0.423. The van der Waals surface area contributed by atoms with Crippen LogP contribution in [0.4, 0.5) is 0 Å². The van der Waals surface area contributed by atoms with Crippen molar-refractivity contribution in [3.63, 3.8) is 0 Å². The Morgan fingerprint density at radius 1 is 1.14 bits per heavy atom. The Bertz CT molecular complexity index is 1070. The second kappa shape index (κ2) is 7.23. The molecule has 3 nitrogen and oxygen atoms in total. The summed E-state index contributed by atoms with van der Waals surface area (Å²) in [4.78, 5) is 20.0. The zero-order valence-electron chi connectivity index (χ0n) is 16.7. The van der Waals surface area contributed by atoms with Crippen LogP contribution in [0.5, 0.6) is 0 Å². The highest BCUT2D eigenvalue weighted by atomic mass is 16.1. The second-order valence-electron chi connectivity index (χ2n) is 7.87. The molecule has 0 unspecified atom stereocenters. The fourth-order valence-corrected chi connectivity index (χ4v) is 4.65. The van der Waals surface area contributed by atoms with Crippen LogP contribution in [0.25, 0.3) is 6.08 Å². The van der Waals surface area contributed by atoms with E-state index >= 15 is 0 Å². The van der Waals surface area contributed by atoms with Crippen LogP contribution in [0, 0.1) is 12.8 Å². The van der Waals surface area contributed by atoms with Crippen molar-refractivity contribution in [2.75, 3.05) is 0 Å². The van der Waals surface area contributed by atoms with E-state index < -0.39 is 5.54 Å². The Morgan fingerprint density at radius 3 is 2.68 bits per heavy atom. The molecule has 1 aromatic heterocycles. The zero-order chi connectivity index (χ0) is 19.7. The Morgan fingerprint density at radius 2 is 1.93 bits per heavy atom. The van der Waals surface area contributed by atoms with E-state index in [0.29, 0.717) is 5.92 Å². The van der Waals surface area contributed by atoms with Gasteiger partial charge >= 0.3 is 0 Å². The van der Waals surface area contributed by atoms with Gasteiger partial charge in [0.15, 0.2) is 0 Å². The quantitative estimate of drug-likeness (QED) is 0.591. The van der Waals surface area contributed by atoms with Crippen LogP contribution in [-0.4, -0.2) is 11.2 Å². The van der Waals surface area contributed by atoms with Crippen LogP contribution in [0.15, 0.2) is 75.6 Å². The molecule has 2 aliphatic carbocycles. The number of nitrogens with zero attached hydrogens (tertiary/aromatic N) is 1. The number of nitrogens with one attached hydrogen (secondary N) is 1. The summed E-state index contributed by atoms with van der Waals surface area (Å²) in [6, 6.07) is 12.0. The van der Waals surface area contributed by atoms with E-state index in [0.717, 1.165) is 29.7 Å². The van der Waals surface area contributed by atoms with E-state index in [1.807, 2.05) is 18.4 Å². The van der Waals surface area contributed by atoms with Crippen LogP contribution in [0.2, 0.25) is 0 Å². The van der Waals surface area contributed by atoms with Crippen LogP contribution in [0.3, 0.4) is 0 Å². The SMILES string of the molecule is C/C=C1\[C@H]2C=C(C)C[C@]1(/N=C/C=C/c1ccc(C)cc1)c1ccc(=O)[nH]c1C2. The summed E-state index contributed by atoms with van der Waals surface area (Å²) in [5, 5.41) is 0. The molecule has 2 atom stereocenters. The molecule has 0 saturated heterocycles. The average molecular weight is 370 g/mol. The first-order valence-electron chi connectivity index (χ1n) is 9.87. The number of hydrogen-bond donors (Lipinski definition) is 1. The van der Waals surface area contributed by atoms with Gasteiger partial charge in [0.25, 0.3) is 0 Å². The minimum Gasteiger partial charge on any atom is -0.326 e. The average Bonchev–Trinajstić information content (AvgIpc) is 2.66. The Kier molecular flexibility index (Phi) is 4.76. The molecule has 2 bridgehead atoms. The smallest absolute Gasteiger partial charge is 0.248 e. The lowest BCUT2D eigenvalue weighted by atomic mass is 9.63. The van der Waals surface area contributed by atoms with Crippen molar-refractivity contribution in [3.8, 4) is 0 Å². The van der Waals surface area contributed by atoms with Crippen LogP contribution in [-0.2, 0) is 12.0 Å². The lowest BCUT2D eigenvalue weighted by Gasteiger charge is -2.45. The number of pyridine rings is 1. The summed E-state index contributed by atoms with van der Waals surface area (Å²) >= 11 is 0. The predicted octanol–water partition coefficient (Wildman–Crippen LogP) is 5.13. The highest BCUT2D eigenvalue weighted by Gasteiger charge is 2.46. The van der Waals surface area contributed by atoms with Crippen molar-refractivity contribution < 1.29 is 0 Å². The number of rotatable bonds is 3. The molecule has 2 aromatic rings. The maximum Gasteiger partial charge on any atom is 0.248 e. The highest BCUT2D eigenvalue weighted by molar-refractivity contribution is 5.79. The summed E-state index contributed by atoms with van der Waals surface area (Å²) < 4.78 is 0. The molecular formula is C25H26N2O. The zero-order valence-corrected chi connectivity index (χ0v) is 16.7. The van der Waals surface area contributed by atoms with Crippen molar-refractivity contribution >= 4 is 12.3 Å². The lowest BCUT2D eigenvalue weighted by molar-refractivity contribution is 0.413. The number of H-pyrrole nitrogens is 1. The summed E-state index contributed by atoms with van der Waals surface area (Å²) in [5.74, 6) is 0.294. The van der Waals surface area contributed by atoms with Gasteiger partial charge in [0.05, 0.1) is 0 Å². The first-order chi connectivity index (χ1) is 13.5. The second-order valence-corrected chi connectivity index (χ2v) is 7.87. The fourth-order valence-electron chi connectivity index (χ4n) is 4.65. The van der Waals surface area contributed by atoms with E-state index in [1.54, 1.807) is 6.07 Å². The Balaban J connectivity index is 1.76. The number of hydrogen-bond acceptors (Lipinski definition) is 2. The summed E-state index contributed by atoms with van der Waals surface area (Å²) in [7, 11) is 0. The largest absolute Gasteiger partial charge is 0.326 e. The highest BCUT2D eigenvalue weighted by Crippen LogP contribution is 2.51. The van der Waals surface area contributed by atoms with Gasteiger partial charge < -0.3 is 4.98 Å². The predicted molar refractivity (Wildman–Crippen MR) is 117 cm³/mol. The van der Waals surface area contributed by atoms with Gasteiger partial charge in [0, 0.05) is 35.9 Å². The van der Waals surface area contributed by atoms with Gasteiger partial charge in [-0.15, -0.1) is 0 Å². The number of benzene rings is 1. The molecule has 1 N–H and O–H groups in total. The maximum absolute atomic E-state index is 11.9. The number of aryl methyl sites for hydroxylation is 1. The number of allylic oxidation sites excluding steroid dienone is 3. The van der Waals surface area contributed by atoms with Gasteiger partial charge in [-0.1, -0.05) is 53.6 Å². The topological polar surface area (TPSA) is 45.2 Å². The van der Waals surface area contributed by atoms with Crippen molar-refractivity contribution in [3.05, 3.63) is 98.5 Å². The molecular weight excluding hydrogens is 344 g/mol. The number of aliphatic imine (C=N–C) groups is 1. The first kappa shape index (κ1) is 18.4. The van der Waals surface area contributed by atoms with E-state index in [9.17, 15) is 4.79 Å². The molecule has 2 aliphatic rings. The van der Waals surface area contributed by atoms with E-state index in [4.69, 9.17) is 4.99 Å². The molecule has 0 spiro atoms. The third-order valence-corrected chi connectivity index (χ3v) is 5.83. The van der Waals surface area contributed by atoms with Gasteiger partial charge in [-0.05, 0) is 50.5 Å². The monoisotopic (exact) mass is 370 g/mol.